The molecule has 0 bridgehead atoms. The first-order valence-electron chi connectivity index (χ1n) is 6.06. The number of benzene rings is 1. The molecule has 2 atom stereocenters. The summed E-state index contributed by atoms with van der Waals surface area (Å²) in [5.74, 6) is -0.263. The Bertz CT molecular complexity index is 463. The van der Waals surface area contributed by atoms with E-state index in [9.17, 15) is 23.1 Å². The Morgan fingerprint density at radius 3 is 2.60 bits per heavy atom. The molecule has 0 aromatic heterocycles. The summed E-state index contributed by atoms with van der Waals surface area (Å²) in [7, 11) is 1.48. The molecule has 112 valence electrons. The number of aliphatic hydroxyl groups is 1. The fourth-order valence-electron chi connectivity index (χ4n) is 1.64. The highest BCUT2D eigenvalue weighted by Gasteiger charge is 2.30. The topological polar surface area (TPSA) is 61.4 Å². The number of alkyl halides is 3. The Morgan fingerprint density at radius 2 is 2.05 bits per heavy atom. The van der Waals surface area contributed by atoms with E-state index in [0.717, 1.165) is 12.1 Å². The molecule has 1 aromatic carbocycles. The number of aliphatic hydroxyl groups excluding tert-OH is 1. The maximum atomic E-state index is 12.5. The van der Waals surface area contributed by atoms with E-state index in [1.807, 2.05) is 0 Å². The van der Waals surface area contributed by atoms with Crippen molar-refractivity contribution in [1.82, 2.24) is 10.6 Å². The SMILES string of the molecule is CNC(=O)C(C)NCC(O)c1cccc(C(F)(F)F)c1. The lowest BCUT2D eigenvalue weighted by atomic mass is 10.1. The fourth-order valence-corrected chi connectivity index (χ4v) is 1.64. The first kappa shape index (κ1) is 16.5. The fraction of sp³-hybridized carbons (Fsp3) is 0.462. The van der Waals surface area contributed by atoms with Crippen LogP contribution in [0.4, 0.5) is 13.2 Å². The standard InChI is InChI=1S/C13H17F3N2O2/c1-8(12(20)17-2)18-7-11(19)9-4-3-5-10(6-9)13(14,15)16/h3-6,8,11,18-19H,7H2,1-2H3,(H,17,20). The molecule has 7 heteroatoms. The monoisotopic (exact) mass is 290 g/mol. The molecule has 1 rings (SSSR count). The summed E-state index contributed by atoms with van der Waals surface area (Å²) in [6.45, 7) is 1.58. The lowest BCUT2D eigenvalue weighted by Gasteiger charge is -2.17. The van der Waals surface area contributed by atoms with E-state index < -0.39 is 23.9 Å². The number of amides is 1. The number of hydrogen-bond acceptors (Lipinski definition) is 3. The zero-order valence-corrected chi connectivity index (χ0v) is 11.2. The van der Waals surface area contributed by atoms with Crippen LogP contribution in [0.15, 0.2) is 24.3 Å². The number of nitrogens with one attached hydrogen (secondary N) is 2. The highest BCUT2D eigenvalue weighted by molar-refractivity contribution is 5.80. The van der Waals surface area contributed by atoms with Crippen LogP contribution in [0, 0.1) is 0 Å². The van der Waals surface area contributed by atoms with Crippen molar-refractivity contribution >= 4 is 5.91 Å². The van der Waals surface area contributed by atoms with Crippen LogP contribution in [-0.4, -0.2) is 30.6 Å². The van der Waals surface area contributed by atoms with Crippen LogP contribution in [0.5, 0.6) is 0 Å². The van der Waals surface area contributed by atoms with Crippen molar-refractivity contribution in [3.8, 4) is 0 Å². The highest BCUT2D eigenvalue weighted by Crippen LogP contribution is 2.30. The first-order valence-corrected chi connectivity index (χ1v) is 6.06. The van der Waals surface area contributed by atoms with E-state index in [1.54, 1.807) is 6.92 Å². The third-order valence-corrected chi connectivity index (χ3v) is 2.86. The summed E-state index contributed by atoms with van der Waals surface area (Å²) in [5.41, 5.74) is -0.662. The van der Waals surface area contributed by atoms with Crippen molar-refractivity contribution < 1.29 is 23.1 Å². The maximum absolute atomic E-state index is 12.5. The van der Waals surface area contributed by atoms with Gasteiger partial charge in [0, 0.05) is 13.6 Å². The molecule has 0 fully saturated rings. The lowest BCUT2D eigenvalue weighted by molar-refractivity contribution is -0.137. The predicted octanol–water partition coefficient (Wildman–Crippen LogP) is 1.46. The van der Waals surface area contributed by atoms with Gasteiger partial charge in [-0.25, -0.2) is 0 Å². The second kappa shape index (κ2) is 6.71. The van der Waals surface area contributed by atoms with Gasteiger partial charge in [0.05, 0.1) is 17.7 Å². The van der Waals surface area contributed by atoms with Gasteiger partial charge in [-0.2, -0.15) is 13.2 Å². The minimum Gasteiger partial charge on any atom is -0.387 e. The minimum atomic E-state index is -4.45. The van der Waals surface area contributed by atoms with E-state index in [1.165, 1.54) is 19.2 Å². The molecule has 1 aromatic rings. The van der Waals surface area contributed by atoms with Gasteiger partial charge in [0.15, 0.2) is 0 Å². The Kier molecular flexibility index (Phi) is 5.52. The number of halogens is 3. The largest absolute Gasteiger partial charge is 0.416 e. The average molecular weight is 290 g/mol. The molecule has 4 nitrogen and oxygen atoms in total. The highest BCUT2D eigenvalue weighted by atomic mass is 19.4. The van der Waals surface area contributed by atoms with Crippen LogP contribution in [0.3, 0.4) is 0 Å². The van der Waals surface area contributed by atoms with Gasteiger partial charge < -0.3 is 15.7 Å². The van der Waals surface area contributed by atoms with Gasteiger partial charge in [0.25, 0.3) is 0 Å². The van der Waals surface area contributed by atoms with Crippen molar-refractivity contribution in [3.63, 3.8) is 0 Å². The molecule has 0 spiro atoms. The number of carbonyl (C=O) groups is 1. The third kappa shape index (κ3) is 4.50. The van der Waals surface area contributed by atoms with E-state index in [2.05, 4.69) is 10.6 Å². The second-order valence-electron chi connectivity index (χ2n) is 4.38. The molecule has 0 heterocycles. The van der Waals surface area contributed by atoms with Crippen LogP contribution in [0.25, 0.3) is 0 Å². The molecule has 0 saturated heterocycles. The Labute approximate surface area is 115 Å². The van der Waals surface area contributed by atoms with Crippen LogP contribution in [0.1, 0.15) is 24.2 Å². The number of hydrogen-bond donors (Lipinski definition) is 3. The van der Waals surface area contributed by atoms with Crippen molar-refractivity contribution in [1.29, 1.82) is 0 Å². The Hall–Kier alpha value is -1.60. The van der Waals surface area contributed by atoms with Gasteiger partial charge in [-0.15, -0.1) is 0 Å². The summed E-state index contributed by atoms with van der Waals surface area (Å²) in [6, 6.07) is 3.95. The summed E-state index contributed by atoms with van der Waals surface area (Å²) in [4.78, 5) is 11.2. The molecule has 0 aliphatic heterocycles. The van der Waals surface area contributed by atoms with E-state index in [-0.39, 0.29) is 18.0 Å². The third-order valence-electron chi connectivity index (χ3n) is 2.86. The predicted molar refractivity (Wildman–Crippen MR) is 67.9 cm³/mol. The molecule has 0 saturated carbocycles. The normalized spacial score (nSPS) is 14.7. The minimum absolute atomic E-state index is 0.0180. The summed E-state index contributed by atoms with van der Waals surface area (Å²) >= 11 is 0. The van der Waals surface area contributed by atoms with Crippen molar-refractivity contribution in [2.75, 3.05) is 13.6 Å². The molecule has 3 N–H and O–H groups in total. The first-order chi connectivity index (χ1) is 9.25. The number of likely N-dealkylation sites (N-methyl/N-ethyl adjacent to an activating group) is 1. The van der Waals surface area contributed by atoms with E-state index in [4.69, 9.17) is 0 Å². The van der Waals surface area contributed by atoms with Crippen molar-refractivity contribution in [3.05, 3.63) is 35.4 Å². The lowest BCUT2D eigenvalue weighted by Crippen LogP contribution is -2.42. The van der Waals surface area contributed by atoms with Crippen LogP contribution < -0.4 is 10.6 Å². The number of rotatable bonds is 5. The van der Waals surface area contributed by atoms with Gasteiger partial charge in [0.2, 0.25) is 5.91 Å². The van der Waals surface area contributed by atoms with Gasteiger partial charge >= 0.3 is 6.18 Å². The van der Waals surface area contributed by atoms with Crippen LogP contribution >= 0.6 is 0 Å². The molecule has 0 radical (unpaired) electrons. The van der Waals surface area contributed by atoms with Gasteiger partial charge in [-0.3, -0.25) is 4.79 Å². The zero-order valence-electron chi connectivity index (χ0n) is 11.2. The molecule has 20 heavy (non-hydrogen) atoms. The van der Waals surface area contributed by atoms with E-state index >= 15 is 0 Å². The molecule has 0 aliphatic carbocycles. The Balaban J connectivity index is 2.69. The van der Waals surface area contributed by atoms with Gasteiger partial charge in [-0.1, -0.05) is 12.1 Å². The Morgan fingerprint density at radius 1 is 1.40 bits per heavy atom. The summed E-state index contributed by atoms with van der Waals surface area (Å²) in [6.07, 6.45) is -5.57. The van der Waals surface area contributed by atoms with Gasteiger partial charge in [-0.05, 0) is 24.6 Å². The summed E-state index contributed by atoms with van der Waals surface area (Å²) < 4.78 is 37.6. The second-order valence-corrected chi connectivity index (χ2v) is 4.38. The van der Waals surface area contributed by atoms with Crippen LogP contribution in [-0.2, 0) is 11.0 Å². The zero-order chi connectivity index (χ0) is 15.3. The van der Waals surface area contributed by atoms with Gasteiger partial charge in [0.1, 0.15) is 0 Å². The molecular weight excluding hydrogens is 273 g/mol. The molecule has 0 aliphatic rings. The summed E-state index contributed by atoms with van der Waals surface area (Å²) in [5, 5.41) is 15.0. The average Bonchev–Trinajstić information content (AvgIpc) is 2.42. The molecule has 1 amide bonds. The number of carbonyl (C=O) groups excluding carboxylic acids is 1. The quantitative estimate of drug-likeness (QED) is 0.769. The van der Waals surface area contributed by atoms with Crippen LogP contribution in [0.2, 0.25) is 0 Å². The molecule has 2 unspecified atom stereocenters. The smallest absolute Gasteiger partial charge is 0.387 e. The van der Waals surface area contributed by atoms with Crippen molar-refractivity contribution in [2.24, 2.45) is 0 Å². The molecular formula is C13H17F3N2O2. The van der Waals surface area contributed by atoms with Crippen molar-refractivity contribution in [2.45, 2.75) is 25.2 Å². The van der Waals surface area contributed by atoms with E-state index in [0.29, 0.717) is 0 Å². The maximum Gasteiger partial charge on any atom is 0.416 e.